The summed E-state index contributed by atoms with van der Waals surface area (Å²) in [7, 11) is 1.40. The number of benzene rings is 2. The largest absolute Gasteiger partial charge is 0.469 e. The van der Waals surface area contributed by atoms with Crippen LogP contribution in [0.5, 0.6) is 0 Å². The van der Waals surface area contributed by atoms with Gasteiger partial charge in [-0.2, -0.15) is 0 Å². The number of ether oxygens (including phenoxy) is 1. The number of rotatable bonds is 4. The molecule has 2 aromatic carbocycles. The van der Waals surface area contributed by atoms with Crippen LogP contribution in [0.1, 0.15) is 11.4 Å². The van der Waals surface area contributed by atoms with Gasteiger partial charge in [-0.05, 0) is 17.7 Å². The van der Waals surface area contributed by atoms with Crippen LogP contribution >= 0.6 is 0 Å². The molecular formula is C17H16N2O2. The van der Waals surface area contributed by atoms with E-state index >= 15 is 0 Å². The molecule has 0 spiro atoms. The van der Waals surface area contributed by atoms with Crippen LogP contribution in [0.25, 0.3) is 11.0 Å². The molecule has 1 aromatic heterocycles. The van der Waals surface area contributed by atoms with Crippen LogP contribution < -0.4 is 0 Å². The Kier molecular flexibility index (Phi) is 3.69. The van der Waals surface area contributed by atoms with Crippen molar-refractivity contribution in [1.29, 1.82) is 0 Å². The molecule has 0 bridgehead atoms. The number of methoxy groups -OCH3 is 1. The van der Waals surface area contributed by atoms with Crippen LogP contribution in [0, 0.1) is 0 Å². The van der Waals surface area contributed by atoms with E-state index in [9.17, 15) is 4.79 Å². The fourth-order valence-electron chi connectivity index (χ4n) is 2.40. The van der Waals surface area contributed by atoms with Gasteiger partial charge in [0.15, 0.2) is 0 Å². The van der Waals surface area contributed by atoms with Crippen molar-refractivity contribution >= 4 is 17.0 Å². The van der Waals surface area contributed by atoms with E-state index in [0.29, 0.717) is 6.54 Å². The normalized spacial score (nSPS) is 10.7. The van der Waals surface area contributed by atoms with E-state index in [0.717, 1.165) is 16.9 Å². The van der Waals surface area contributed by atoms with Gasteiger partial charge < -0.3 is 9.30 Å². The molecule has 0 aliphatic carbocycles. The van der Waals surface area contributed by atoms with Crippen molar-refractivity contribution in [2.45, 2.75) is 13.0 Å². The van der Waals surface area contributed by atoms with Gasteiger partial charge in [0, 0.05) is 6.54 Å². The summed E-state index contributed by atoms with van der Waals surface area (Å²) >= 11 is 0. The molecule has 1 heterocycles. The lowest BCUT2D eigenvalue weighted by Gasteiger charge is -2.09. The first kappa shape index (κ1) is 13.4. The summed E-state index contributed by atoms with van der Waals surface area (Å²) in [5, 5.41) is 0. The minimum absolute atomic E-state index is 0.179. The summed E-state index contributed by atoms with van der Waals surface area (Å²) in [6.07, 6.45) is 0.179. The third kappa shape index (κ3) is 2.79. The first-order chi connectivity index (χ1) is 10.3. The van der Waals surface area contributed by atoms with Crippen LogP contribution in [0.2, 0.25) is 0 Å². The van der Waals surface area contributed by atoms with Crippen molar-refractivity contribution < 1.29 is 9.53 Å². The standard InChI is InChI=1S/C17H16N2O2/c1-21-17(20)11-16-18-14-9-5-6-10-15(14)19(16)12-13-7-3-2-4-8-13/h2-10H,11-12H2,1H3. The number of aromatic nitrogens is 2. The Hall–Kier alpha value is -2.62. The Labute approximate surface area is 123 Å². The van der Waals surface area contributed by atoms with Gasteiger partial charge in [-0.25, -0.2) is 4.98 Å². The number of hydrogen-bond acceptors (Lipinski definition) is 3. The van der Waals surface area contributed by atoms with Crippen LogP contribution in [0.15, 0.2) is 54.6 Å². The summed E-state index contributed by atoms with van der Waals surface area (Å²) in [6.45, 7) is 0.688. The SMILES string of the molecule is COC(=O)Cc1nc2ccccc2n1Cc1ccccc1. The molecule has 106 valence electrons. The molecule has 0 fully saturated rings. The lowest BCUT2D eigenvalue weighted by molar-refractivity contribution is -0.139. The molecule has 0 radical (unpaired) electrons. The van der Waals surface area contributed by atoms with Crippen molar-refractivity contribution in [2.24, 2.45) is 0 Å². The maximum atomic E-state index is 11.6. The molecular weight excluding hydrogens is 264 g/mol. The van der Waals surface area contributed by atoms with Crippen molar-refractivity contribution in [3.05, 3.63) is 66.0 Å². The number of carbonyl (C=O) groups is 1. The van der Waals surface area contributed by atoms with E-state index in [2.05, 4.69) is 21.7 Å². The summed E-state index contributed by atoms with van der Waals surface area (Å²) in [5.41, 5.74) is 3.10. The predicted molar refractivity (Wildman–Crippen MR) is 81.0 cm³/mol. The van der Waals surface area contributed by atoms with Gasteiger partial charge in [-0.15, -0.1) is 0 Å². The number of para-hydroxylation sites is 2. The summed E-state index contributed by atoms with van der Waals surface area (Å²) in [6, 6.07) is 18.0. The molecule has 4 nitrogen and oxygen atoms in total. The molecule has 0 saturated heterocycles. The Morgan fingerprint density at radius 3 is 2.57 bits per heavy atom. The first-order valence-electron chi connectivity index (χ1n) is 6.83. The average Bonchev–Trinajstić information content (AvgIpc) is 2.86. The van der Waals surface area contributed by atoms with Crippen LogP contribution in [0.3, 0.4) is 0 Å². The van der Waals surface area contributed by atoms with Crippen LogP contribution in [-0.4, -0.2) is 22.6 Å². The summed E-state index contributed by atoms with van der Waals surface area (Å²) < 4.78 is 6.83. The maximum absolute atomic E-state index is 11.6. The topological polar surface area (TPSA) is 44.1 Å². The zero-order valence-corrected chi connectivity index (χ0v) is 11.8. The van der Waals surface area contributed by atoms with Gasteiger partial charge in [0.25, 0.3) is 0 Å². The molecule has 0 saturated carbocycles. The Bertz CT molecular complexity index is 763. The molecule has 21 heavy (non-hydrogen) atoms. The molecule has 0 amide bonds. The van der Waals surface area contributed by atoms with Gasteiger partial charge in [0.1, 0.15) is 12.2 Å². The number of fused-ring (bicyclic) bond motifs is 1. The monoisotopic (exact) mass is 280 g/mol. The highest BCUT2D eigenvalue weighted by atomic mass is 16.5. The highest BCUT2D eigenvalue weighted by Gasteiger charge is 2.14. The number of nitrogens with zero attached hydrogens (tertiary/aromatic N) is 2. The van der Waals surface area contributed by atoms with Crippen molar-refractivity contribution in [3.63, 3.8) is 0 Å². The second kappa shape index (κ2) is 5.79. The molecule has 0 aliphatic rings. The first-order valence-corrected chi connectivity index (χ1v) is 6.83. The van der Waals surface area contributed by atoms with E-state index in [-0.39, 0.29) is 12.4 Å². The van der Waals surface area contributed by atoms with Gasteiger partial charge in [-0.1, -0.05) is 42.5 Å². The lowest BCUT2D eigenvalue weighted by atomic mass is 10.2. The van der Waals surface area contributed by atoms with E-state index in [4.69, 9.17) is 4.74 Å². The highest BCUT2D eigenvalue weighted by Crippen LogP contribution is 2.18. The van der Waals surface area contributed by atoms with E-state index in [1.807, 2.05) is 42.5 Å². The Morgan fingerprint density at radius 2 is 1.81 bits per heavy atom. The highest BCUT2D eigenvalue weighted by molar-refractivity contribution is 5.78. The summed E-state index contributed by atoms with van der Waals surface area (Å²) in [5.74, 6) is 0.450. The molecule has 3 aromatic rings. The lowest BCUT2D eigenvalue weighted by Crippen LogP contribution is -2.12. The maximum Gasteiger partial charge on any atom is 0.313 e. The zero-order valence-electron chi connectivity index (χ0n) is 11.8. The number of carbonyl (C=O) groups excluding carboxylic acids is 1. The van der Waals surface area contributed by atoms with Gasteiger partial charge in [-0.3, -0.25) is 4.79 Å². The average molecular weight is 280 g/mol. The predicted octanol–water partition coefficient (Wildman–Crippen LogP) is 2.80. The molecule has 0 N–H and O–H groups in total. The Balaban J connectivity index is 2.05. The molecule has 4 heteroatoms. The third-order valence-electron chi connectivity index (χ3n) is 3.45. The minimum Gasteiger partial charge on any atom is -0.469 e. The van der Waals surface area contributed by atoms with E-state index in [1.54, 1.807) is 0 Å². The quantitative estimate of drug-likeness (QED) is 0.690. The van der Waals surface area contributed by atoms with Crippen LogP contribution in [-0.2, 0) is 22.5 Å². The second-order valence-corrected chi connectivity index (χ2v) is 4.84. The smallest absolute Gasteiger partial charge is 0.313 e. The van der Waals surface area contributed by atoms with Gasteiger partial charge >= 0.3 is 5.97 Å². The van der Waals surface area contributed by atoms with Crippen molar-refractivity contribution in [3.8, 4) is 0 Å². The molecule has 0 atom stereocenters. The van der Waals surface area contributed by atoms with Crippen LogP contribution in [0.4, 0.5) is 0 Å². The second-order valence-electron chi connectivity index (χ2n) is 4.84. The van der Waals surface area contributed by atoms with Crippen molar-refractivity contribution in [2.75, 3.05) is 7.11 Å². The van der Waals surface area contributed by atoms with Crippen molar-refractivity contribution in [1.82, 2.24) is 9.55 Å². The molecule has 0 aliphatic heterocycles. The van der Waals surface area contributed by atoms with Gasteiger partial charge in [0.05, 0.1) is 18.1 Å². The number of esters is 1. The summed E-state index contributed by atoms with van der Waals surface area (Å²) in [4.78, 5) is 16.1. The Morgan fingerprint density at radius 1 is 1.10 bits per heavy atom. The fraction of sp³-hybridized carbons (Fsp3) is 0.176. The van der Waals surface area contributed by atoms with E-state index in [1.165, 1.54) is 12.7 Å². The fourth-order valence-corrected chi connectivity index (χ4v) is 2.40. The van der Waals surface area contributed by atoms with E-state index < -0.39 is 0 Å². The number of imidazole rings is 1. The zero-order chi connectivity index (χ0) is 14.7. The molecule has 3 rings (SSSR count). The minimum atomic E-state index is -0.278. The third-order valence-corrected chi connectivity index (χ3v) is 3.45. The number of hydrogen-bond donors (Lipinski definition) is 0. The van der Waals surface area contributed by atoms with Gasteiger partial charge in [0.2, 0.25) is 0 Å². The molecule has 0 unspecified atom stereocenters.